The first-order chi connectivity index (χ1) is 15.6. The first-order valence-electron chi connectivity index (χ1n) is 10.0. The van der Waals surface area contributed by atoms with Crippen LogP contribution in [0.4, 0.5) is 5.82 Å². The summed E-state index contributed by atoms with van der Waals surface area (Å²) in [6.07, 6.45) is 4.18. The van der Waals surface area contributed by atoms with E-state index >= 15 is 0 Å². The van der Waals surface area contributed by atoms with E-state index < -0.39 is 11.9 Å². The van der Waals surface area contributed by atoms with Crippen LogP contribution in [-0.4, -0.2) is 51.7 Å². The minimum atomic E-state index is -0.461. The first-order valence-corrected chi connectivity index (χ1v) is 10.9. The van der Waals surface area contributed by atoms with Crippen molar-refractivity contribution in [1.82, 2.24) is 45.2 Å². The Morgan fingerprint density at radius 3 is 2.58 bits per heavy atom. The van der Waals surface area contributed by atoms with Crippen LogP contribution in [0, 0.1) is 0 Å². The Morgan fingerprint density at radius 1 is 1.06 bits per heavy atom. The summed E-state index contributed by atoms with van der Waals surface area (Å²) in [7, 11) is 1.68. The van der Waals surface area contributed by atoms with Gasteiger partial charge in [0.05, 0.1) is 17.9 Å². The summed E-state index contributed by atoms with van der Waals surface area (Å²) in [5.41, 5.74) is 1.52. The fraction of sp³-hybridized carbons (Fsp3) is 0.350. The van der Waals surface area contributed by atoms with Gasteiger partial charge in [0.25, 0.3) is 11.8 Å². The molecular weight excluding hydrogens is 444 g/mol. The van der Waals surface area contributed by atoms with Gasteiger partial charge in [-0.15, -0.1) is 16.4 Å². The van der Waals surface area contributed by atoms with Crippen molar-refractivity contribution in [1.29, 1.82) is 0 Å². The van der Waals surface area contributed by atoms with Gasteiger partial charge in [-0.05, 0) is 6.92 Å². The lowest BCUT2D eigenvalue weighted by atomic mass is 9.92. The molecule has 0 fully saturated rings. The van der Waals surface area contributed by atoms with Gasteiger partial charge in [-0.1, -0.05) is 26.0 Å². The number of amides is 2. The molecule has 1 unspecified atom stereocenters. The SMILES string of the molecule is CC(NC(=O)c1ncnc2c1nnn2C)c1ncc(C(=O)Nc2cc(C(C)(C)C)ncn2)s1. The van der Waals surface area contributed by atoms with E-state index in [2.05, 4.69) is 45.9 Å². The molecular formula is C20H22N10O2S. The van der Waals surface area contributed by atoms with Gasteiger partial charge in [0.1, 0.15) is 28.4 Å². The van der Waals surface area contributed by atoms with Crippen LogP contribution in [0.2, 0.25) is 0 Å². The lowest BCUT2D eigenvalue weighted by molar-refractivity contribution is 0.0935. The zero-order valence-corrected chi connectivity index (χ0v) is 19.5. The third kappa shape index (κ3) is 4.67. The van der Waals surface area contributed by atoms with Crippen LogP contribution in [0.3, 0.4) is 0 Å². The van der Waals surface area contributed by atoms with E-state index in [9.17, 15) is 9.59 Å². The van der Waals surface area contributed by atoms with Crippen molar-refractivity contribution in [3.05, 3.63) is 46.2 Å². The van der Waals surface area contributed by atoms with Gasteiger partial charge in [0, 0.05) is 18.5 Å². The molecule has 0 saturated carbocycles. The molecule has 4 heterocycles. The number of aryl methyl sites for hydroxylation is 1. The molecule has 0 spiro atoms. The molecule has 33 heavy (non-hydrogen) atoms. The van der Waals surface area contributed by atoms with Crippen molar-refractivity contribution in [2.24, 2.45) is 7.05 Å². The number of nitrogens with zero attached hydrogens (tertiary/aromatic N) is 8. The van der Waals surface area contributed by atoms with Gasteiger partial charge in [-0.2, -0.15) is 0 Å². The highest BCUT2D eigenvalue weighted by atomic mass is 32.1. The molecule has 2 amide bonds. The molecule has 12 nitrogen and oxygen atoms in total. The van der Waals surface area contributed by atoms with Crippen molar-refractivity contribution in [3.63, 3.8) is 0 Å². The predicted molar refractivity (Wildman–Crippen MR) is 121 cm³/mol. The van der Waals surface area contributed by atoms with Crippen LogP contribution in [-0.2, 0) is 12.5 Å². The van der Waals surface area contributed by atoms with Gasteiger partial charge in [-0.3, -0.25) is 9.59 Å². The molecule has 2 N–H and O–H groups in total. The van der Waals surface area contributed by atoms with E-state index in [0.29, 0.717) is 26.9 Å². The van der Waals surface area contributed by atoms with E-state index in [1.165, 1.54) is 34.9 Å². The number of nitrogens with one attached hydrogen (secondary N) is 2. The third-order valence-electron chi connectivity index (χ3n) is 4.75. The number of hydrogen-bond donors (Lipinski definition) is 2. The molecule has 4 aromatic heterocycles. The minimum Gasteiger partial charge on any atom is -0.342 e. The zero-order valence-electron chi connectivity index (χ0n) is 18.7. The molecule has 4 aromatic rings. The molecule has 170 valence electrons. The summed E-state index contributed by atoms with van der Waals surface area (Å²) in [4.78, 5) is 46.6. The zero-order chi connectivity index (χ0) is 23.8. The van der Waals surface area contributed by atoms with Gasteiger partial charge >= 0.3 is 0 Å². The summed E-state index contributed by atoms with van der Waals surface area (Å²) >= 11 is 1.18. The fourth-order valence-electron chi connectivity index (χ4n) is 2.95. The number of aromatic nitrogens is 8. The number of thiazole rings is 1. The Bertz CT molecular complexity index is 1340. The monoisotopic (exact) mass is 466 g/mol. The normalized spacial score (nSPS) is 12.5. The maximum Gasteiger partial charge on any atom is 0.272 e. The highest BCUT2D eigenvalue weighted by molar-refractivity contribution is 7.13. The number of carbonyl (C=O) groups excluding carboxylic acids is 2. The average Bonchev–Trinajstić information content (AvgIpc) is 3.41. The molecule has 0 aliphatic carbocycles. The predicted octanol–water partition coefficient (Wildman–Crippen LogP) is 2.05. The number of anilines is 1. The van der Waals surface area contributed by atoms with Crippen molar-refractivity contribution < 1.29 is 9.59 Å². The summed E-state index contributed by atoms with van der Waals surface area (Å²) in [6, 6.07) is 1.29. The van der Waals surface area contributed by atoms with Crippen LogP contribution in [0.25, 0.3) is 11.2 Å². The molecule has 1 atom stereocenters. The second kappa shape index (κ2) is 8.58. The number of fused-ring (bicyclic) bond motifs is 1. The molecule has 0 aliphatic heterocycles. The highest BCUT2D eigenvalue weighted by Gasteiger charge is 2.22. The van der Waals surface area contributed by atoms with Gasteiger partial charge < -0.3 is 10.6 Å². The van der Waals surface area contributed by atoms with E-state index in [-0.39, 0.29) is 17.0 Å². The standard InChI is InChI=1S/C20H22N10O2S/c1-10(26-18(32)15-14-16(25-9-24-15)30(5)29-28-14)19-21-7-11(33-19)17(31)27-13-6-12(20(2,3)4)22-8-23-13/h6-10H,1-5H3,(H,26,32)(H,22,23,27,31). The molecule has 0 radical (unpaired) electrons. The largest absolute Gasteiger partial charge is 0.342 e. The molecule has 0 saturated heterocycles. The number of rotatable bonds is 5. The second-order valence-corrected chi connectivity index (χ2v) is 9.42. The maximum absolute atomic E-state index is 12.8. The molecule has 0 aliphatic rings. The smallest absolute Gasteiger partial charge is 0.272 e. The number of hydrogen-bond acceptors (Lipinski definition) is 10. The Kier molecular flexibility index (Phi) is 5.80. The summed E-state index contributed by atoms with van der Waals surface area (Å²) < 4.78 is 1.46. The molecule has 13 heteroatoms. The summed E-state index contributed by atoms with van der Waals surface area (Å²) in [5, 5.41) is 14.0. The highest BCUT2D eigenvalue weighted by Crippen LogP contribution is 2.24. The lowest BCUT2D eigenvalue weighted by Crippen LogP contribution is -2.27. The molecule has 4 rings (SSSR count). The van der Waals surface area contributed by atoms with Crippen LogP contribution >= 0.6 is 11.3 Å². The summed E-state index contributed by atoms with van der Waals surface area (Å²) in [6.45, 7) is 7.86. The van der Waals surface area contributed by atoms with Crippen LogP contribution < -0.4 is 10.6 Å². The first kappa shape index (κ1) is 22.3. The van der Waals surface area contributed by atoms with E-state index in [4.69, 9.17) is 0 Å². The number of carbonyl (C=O) groups is 2. The third-order valence-corrected chi connectivity index (χ3v) is 5.92. The Labute approximate surface area is 192 Å². The fourth-order valence-corrected chi connectivity index (χ4v) is 3.77. The van der Waals surface area contributed by atoms with Crippen LogP contribution in [0.1, 0.15) is 64.6 Å². The van der Waals surface area contributed by atoms with E-state index in [1.54, 1.807) is 20.0 Å². The van der Waals surface area contributed by atoms with E-state index in [1.807, 2.05) is 20.8 Å². The lowest BCUT2D eigenvalue weighted by Gasteiger charge is -2.17. The van der Waals surface area contributed by atoms with Crippen molar-refractivity contribution in [2.75, 3.05) is 5.32 Å². The topological polar surface area (TPSA) is 153 Å². The Balaban J connectivity index is 1.45. The van der Waals surface area contributed by atoms with Gasteiger partial charge in [-0.25, -0.2) is 29.6 Å². The quantitative estimate of drug-likeness (QED) is 0.450. The Hall–Kier alpha value is -3.87. The second-order valence-electron chi connectivity index (χ2n) is 8.36. The average molecular weight is 467 g/mol. The minimum absolute atomic E-state index is 0.118. The van der Waals surface area contributed by atoms with E-state index in [0.717, 1.165) is 5.69 Å². The summed E-state index contributed by atoms with van der Waals surface area (Å²) in [5.74, 6) is -0.367. The van der Waals surface area contributed by atoms with Crippen molar-refractivity contribution >= 4 is 40.1 Å². The van der Waals surface area contributed by atoms with Gasteiger partial charge in [0.2, 0.25) is 0 Å². The Morgan fingerprint density at radius 2 is 1.82 bits per heavy atom. The van der Waals surface area contributed by atoms with Crippen molar-refractivity contribution in [2.45, 2.75) is 39.2 Å². The van der Waals surface area contributed by atoms with Gasteiger partial charge in [0.15, 0.2) is 16.9 Å². The van der Waals surface area contributed by atoms with Crippen LogP contribution in [0.5, 0.6) is 0 Å². The molecule has 0 bridgehead atoms. The maximum atomic E-state index is 12.8. The van der Waals surface area contributed by atoms with Crippen LogP contribution in [0.15, 0.2) is 24.9 Å². The van der Waals surface area contributed by atoms with Crippen molar-refractivity contribution in [3.8, 4) is 0 Å². The molecule has 0 aromatic carbocycles.